The van der Waals surface area contributed by atoms with Crippen molar-refractivity contribution in [2.24, 2.45) is 4.99 Å². The van der Waals surface area contributed by atoms with Crippen molar-refractivity contribution in [1.82, 2.24) is 14.8 Å². The van der Waals surface area contributed by atoms with Gasteiger partial charge in [-0.3, -0.25) is 9.80 Å². The first kappa shape index (κ1) is 26.6. The number of aryl methyl sites for hydroxylation is 1. The zero-order valence-corrected chi connectivity index (χ0v) is 22.9. The van der Waals surface area contributed by atoms with Crippen molar-refractivity contribution in [3.63, 3.8) is 0 Å². The molecular formula is C30H35N5O4. The number of hydrogen-bond donors (Lipinski definition) is 2. The Morgan fingerprint density at radius 2 is 2.03 bits per heavy atom. The van der Waals surface area contributed by atoms with E-state index in [1.807, 2.05) is 25.1 Å². The number of pyridine rings is 1. The molecule has 2 aliphatic rings. The summed E-state index contributed by atoms with van der Waals surface area (Å²) in [5.41, 5.74) is 4.50. The summed E-state index contributed by atoms with van der Waals surface area (Å²) in [4.78, 5) is 26.3. The van der Waals surface area contributed by atoms with Crippen molar-refractivity contribution in [2.45, 2.75) is 40.3 Å². The smallest absolute Gasteiger partial charge is 0.347 e. The summed E-state index contributed by atoms with van der Waals surface area (Å²) >= 11 is 0. The van der Waals surface area contributed by atoms with Gasteiger partial charge in [-0.2, -0.15) is 0 Å². The molecule has 9 heteroatoms. The molecule has 204 valence electrons. The molecule has 9 nitrogen and oxygen atoms in total. The molecule has 2 aromatic heterocycles. The summed E-state index contributed by atoms with van der Waals surface area (Å²) in [6.07, 6.45) is 4.97. The summed E-state index contributed by atoms with van der Waals surface area (Å²) in [6, 6.07) is 10.5. The normalized spacial score (nSPS) is 16.7. The minimum absolute atomic E-state index is 0.0449. The molecule has 39 heavy (non-hydrogen) atoms. The second kappa shape index (κ2) is 11.4. The van der Waals surface area contributed by atoms with Crippen molar-refractivity contribution < 1.29 is 19.1 Å². The number of rotatable bonds is 8. The second-order valence-corrected chi connectivity index (χ2v) is 10.2. The molecular weight excluding hydrogens is 494 g/mol. The molecule has 2 aliphatic heterocycles. The SMILES string of the molecule is CCOC(=O)c1c(Nc2ccc(CN3CCN(C(C)C)CC3)cc2C)oc(C=C2C=Nc3ncccc32)c1O. The summed E-state index contributed by atoms with van der Waals surface area (Å²) < 4.78 is 11.2. The molecule has 1 fully saturated rings. The van der Waals surface area contributed by atoms with E-state index in [2.05, 4.69) is 51.1 Å². The second-order valence-electron chi connectivity index (χ2n) is 10.2. The highest BCUT2D eigenvalue weighted by Crippen LogP contribution is 2.39. The fourth-order valence-corrected chi connectivity index (χ4v) is 4.98. The number of fused-ring (bicyclic) bond motifs is 1. The highest BCUT2D eigenvalue weighted by molar-refractivity contribution is 6.21. The lowest BCUT2D eigenvalue weighted by atomic mass is 10.1. The minimum Gasteiger partial charge on any atom is -0.504 e. The van der Waals surface area contributed by atoms with Gasteiger partial charge in [-0.25, -0.2) is 14.8 Å². The van der Waals surface area contributed by atoms with Gasteiger partial charge in [0.1, 0.15) is 0 Å². The number of benzene rings is 1. The van der Waals surface area contributed by atoms with Gasteiger partial charge >= 0.3 is 5.97 Å². The van der Waals surface area contributed by atoms with Crippen LogP contribution in [0.4, 0.5) is 17.4 Å². The van der Waals surface area contributed by atoms with Crippen LogP contribution in [0.5, 0.6) is 5.75 Å². The Hall–Kier alpha value is -3.95. The predicted octanol–water partition coefficient (Wildman–Crippen LogP) is 5.39. The number of carbonyl (C=O) groups is 1. The van der Waals surface area contributed by atoms with Crippen LogP contribution < -0.4 is 5.32 Å². The summed E-state index contributed by atoms with van der Waals surface area (Å²) in [5, 5.41) is 14.2. The molecule has 0 radical (unpaired) electrons. The van der Waals surface area contributed by atoms with Gasteiger partial charge < -0.3 is 19.6 Å². The molecule has 0 bridgehead atoms. The number of nitrogens with one attached hydrogen (secondary N) is 1. The number of ether oxygens (including phenoxy) is 1. The molecule has 0 saturated carbocycles. The van der Waals surface area contributed by atoms with Crippen LogP contribution in [0.3, 0.4) is 0 Å². The number of aromatic hydroxyl groups is 1. The van der Waals surface area contributed by atoms with Gasteiger partial charge in [0.15, 0.2) is 22.9 Å². The number of allylic oxidation sites excluding steroid dienone is 1. The van der Waals surface area contributed by atoms with Gasteiger partial charge in [0, 0.05) is 68.0 Å². The van der Waals surface area contributed by atoms with Gasteiger partial charge in [0.05, 0.1) is 6.61 Å². The van der Waals surface area contributed by atoms with Gasteiger partial charge in [-0.05, 0) is 63.1 Å². The number of furan rings is 1. The van der Waals surface area contributed by atoms with Gasteiger partial charge in [0.2, 0.25) is 5.88 Å². The maximum atomic E-state index is 12.8. The number of carbonyl (C=O) groups excluding carboxylic acids is 1. The molecule has 3 aromatic rings. The first-order chi connectivity index (χ1) is 18.8. The average molecular weight is 530 g/mol. The van der Waals surface area contributed by atoms with Crippen molar-refractivity contribution >= 4 is 41.2 Å². The predicted molar refractivity (Wildman–Crippen MR) is 153 cm³/mol. The van der Waals surface area contributed by atoms with Crippen LogP contribution in [0.1, 0.15) is 53.6 Å². The van der Waals surface area contributed by atoms with E-state index in [1.165, 1.54) is 5.56 Å². The number of piperazine rings is 1. The van der Waals surface area contributed by atoms with E-state index in [-0.39, 0.29) is 29.6 Å². The Labute approximate surface area is 228 Å². The first-order valence-electron chi connectivity index (χ1n) is 13.4. The lowest BCUT2D eigenvalue weighted by molar-refractivity contribution is 0.0524. The number of anilines is 2. The zero-order chi connectivity index (χ0) is 27.5. The van der Waals surface area contributed by atoms with E-state index in [1.54, 1.807) is 25.4 Å². The Morgan fingerprint density at radius 1 is 1.23 bits per heavy atom. The van der Waals surface area contributed by atoms with Crippen LogP contribution in [0.15, 0.2) is 45.9 Å². The van der Waals surface area contributed by atoms with Crippen LogP contribution in [-0.4, -0.2) is 70.9 Å². The molecule has 0 atom stereocenters. The van der Waals surface area contributed by atoms with Crippen LogP contribution in [0, 0.1) is 6.92 Å². The third-order valence-electron chi connectivity index (χ3n) is 7.18. The standard InChI is InChI=1S/C30H35N5O4/c1-5-38-30(37)26-27(36)25(16-22-17-32-28-23(22)7-6-10-31-28)39-29(26)33-24-9-8-21(15-20(24)4)18-34-11-13-35(14-12-34)19(2)3/h6-10,15-17,19,33,36H,5,11-14,18H2,1-4H3. The van der Waals surface area contributed by atoms with E-state index in [0.717, 1.165) is 55.1 Å². The highest BCUT2D eigenvalue weighted by Gasteiger charge is 2.28. The molecule has 0 unspecified atom stereocenters. The third-order valence-corrected chi connectivity index (χ3v) is 7.18. The molecule has 1 saturated heterocycles. The quantitative estimate of drug-likeness (QED) is 0.374. The van der Waals surface area contributed by atoms with Crippen molar-refractivity contribution in [3.8, 4) is 5.75 Å². The van der Waals surface area contributed by atoms with E-state index >= 15 is 0 Å². The lowest BCUT2D eigenvalue weighted by Crippen LogP contribution is -2.48. The highest BCUT2D eigenvalue weighted by atomic mass is 16.5. The summed E-state index contributed by atoms with van der Waals surface area (Å²) in [6.45, 7) is 13.6. The Kier molecular flexibility index (Phi) is 7.81. The molecule has 0 amide bonds. The van der Waals surface area contributed by atoms with Crippen LogP contribution in [0.2, 0.25) is 0 Å². The Balaban J connectivity index is 1.37. The minimum atomic E-state index is -0.664. The van der Waals surface area contributed by atoms with E-state index < -0.39 is 5.97 Å². The monoisotopic (exact) mass is 529 g/mol. The molecule has 1 aromatic carbocycles. The molecule has 5 rings (SSSR count). The molecule has 0 aliphatic carbocycles. The van der Waals surface area contributed by atoms with Crippen LogP contribution >= 0.6 is 0 Å². The fourth-order valence-electron chi connectivity index (χ4n) is 4.98. The topological polar surface area (TPSA) is 103 Å². The number of hydrogen-bond acceptors (Lipinski definition) is 9. The maximum Gasteiger partial charge on any atom is 0.347 e. The van der Waals surface area contributed by atoms with Crippen LogP contribution in [-0.2, 0) is 11.3 Å². The summed E-state index contributed by atoms with van der Waals surface area (Å²) in [5.74, 6) is -0.100. The van der Waals surface area contributed by atoms with E-state index in [0.29, 0.717) is 11.9 Å². The third kappa shape index (κ3) is 5.74. The summed E-state index contributed by atoms with van der Waals surface area (Å²) in [7, 11) is 0. The largest absolute Gasteiger partial charge is 0.504 e. The average Bonchev–Trinajstić information content (AvgIpc) is 3.46. The van der Waals surface area contributed by atoms with Crippen molar-refractivity contribution in [1.29, 1.82) is 0 Å². The number of aromatic nitrogens is 1. The zero-order valence-electron chi connectivity index (χ0n) is 22.9. The lowest BCUT2D eigenvalue weighted by Gasteiger charge is -2.37. The van der Waals surface area contributed by atoms with Crippen molar-refractivity contribution in [3.05, 3.63) is 64.5 Å². The van der Waals surface area contributed by atoms with E-state index in [4.69, 9.17) is 9.15 Å². The van der Waals surface area contributed by atoms with E-state index in [9.17, 15) is 9.90 Å². The van der Waals surface area contributed by atoms with Gasteiger partial charge in [-0.15, -0.1) is 0 Å². The van der Waals surface area contributed by atoms with Gasteiger partial charge in [0.25, 0.3) is 0 Å². The van der Waals surface area contributed by atoms with Gasteiger partial charge in [-0.1, -0.05) is 12.1 Å². The number of esters is 1. The molecule has 0 spiro atoms. The Morgan fingerprint density at radius 3 is 2.74 bits per heavy atom. The number of aliphatic imine (C=N–C) groups is 1. The Bertz CT molecular complexity index is 1420. The fraction of sp³-hybridized carbons (Fsp3) is 0.367. The van der Waals surface area contributed by atoms with Crippen molar-refractivity contribution in [2.75, 3.05) is 38.1 Å². The maximum absolute atomic E-state index is 12.8. The number of nitrogens with zero attached hydrogens (tertiary/aromatic N) is 4. The molecule has 2 N–H and O–H groups in total. The van der Waals surface area contributed by atoms with Crippen LogP contribution in [0.25, 0.3) is 11.6 Å². The molecule has 4 heterocycles. The first-order valence-corrected chi connectivity index (χ1v) is 13.4.